The van der Waals surface area contributed by atoms with Crippen molar-refractivity contribution in [2.24, 2.45) is 0 Å². The number of nitrogens with one attached hydrogen (secondary N) is 3. The fraction of sp³-hybridized carbons (Fsp3) is 0.148. The van der Waals surface area contributed by atoms with Gasteiger partial charge in [-0.15, -0.1) is 0 Å². The number of para-hydroxylation sites is 1. The Morgan fingerprint density at radius 1 is 0.921 bits per heavy atom. The van der Waals surface area contributed by atoms with Crippen molar-refractivity contribution in [3.8, 4) is 11.5 Å². The van der Waals surface area contributed by atoms with Gasteiger partial charge in [0.05, 0.1) is 25.4 Å². The summed E-state index contributed by atoms with van der Waals surface area (Å²) in [6.45, 7) is 0.171. The molecule has 1 heterocycles. The molecule has 0 bridgehead atoms. The number of amides is 3. The molecule has 0 aliphatic rings. The van der Waals surface area contributed by atoms with Crippen molar-refractivity contribution in [3.05, 3.63) is 88.8 Å². The number of halogens is 2. The van der Waals surface area contributed by atoms with Crippen LogP contribution in [0.5, 0.6) is 11.5 Å². The lowest BCUT2D eigenvalue weighted by Crippen LogP contribution is -2.40. The molecule has 11 heteroatoms. The highest BCUT2D eigenvalue weighted by molar-refractivity contribution is 6.38. The molecule has 0 fully saturated rings. The van der Waals surface area contributed by atoms with Gasteiger partial charge in [0.2, 0.25) is 0 Å². The third-order valence-electron chi connectivity index (χ3n) is 5.69. The third kappa shape index (κ3) is 5.87. The van der Waals surface area contributed by atoms with E-state index in [1.54, 1.807) is 36.4 Å². The van der Waals surface area contributed by atoms with Crippen molar-refractivity contribution in [3.63, 3.8) is 0 Å². The van der Waals surface area contributed by atoms with E-state index >= 15 is 0 Å². The smallest absolute Gasteiger partial charge is 0.328 e. The van der Waals surface area contributed by atoms with Crippen LogP contribution in [0.3, 0.4) is 0 Å². The van der Waals surface area contributed by atoms with Crippen molar-refractivity contribution >= 4 is 45.9 Å². The van der Waals surface area contributed by atoms with Gasteiger partial charge in [0.15, 0.2) is 11.5 Å². The number of carbonyl (C=O) groups excluding carboxylic acids is 3. The number of benzene rings is 3. The fourth-order valence-corrected chi connectivity index (χ4v) is 3.99. The number of carbonyl (C=O) groups is 3. The zero-order chi connectivity index (χ0) is 27.2. The zero-order valence-corrected chi connectivity index (χ0v) is 21.3. The summed E-state index contributed by atoms with van der Waals surface area (Å²) in [6.07, 6.45) is 0.431. The Hall–Kier alpha value is -4.57. The summed E-state index contributed by atoms with van der Waals surface area (Å²) >= 11 is 6.08. The summed E-state index contributed by atoms with van der Waals surface area (Å²) in [5.74, 6) is -2.09. The number of hydrogen-bond donors (Lipinski definition) is 3. The van der Waals surface area contributed by atoms with Crippen molar-refractivity contribution in [1.82, 2.24) is 9.99 Å². The number of anilines is 1. The van der Waals surface area contributed by atoms with E-state index in [1.165, 1.54) is 38.5 Å². The molecule has 0 spiro atoms. The second-order valence-electron chi connectivity index (χ2n) is 8.14. The molecule has 0 atom stereocenters. The number of aromatic nitrogens is 1. The number of hydrogen-bond acceptors (Lipinski definition) is 5. The van der Waals surface area contributed by atoms with Gasteiger partial charge in [-0.1, -0.05) is 29.8 Å². The van der Waals surface area contributed by atoms with Gasteiger partial charge >= 0.3 is 11.8 Å². The van der Waals surface area contributed by atoms with Gasteiger partial charge in [0, 0.05) is 17.0 Å². The molecule has 0 aliphatic heterocycles. The molecule has 0 aliphatic carbocycles. The number of fused-ring (bicyclic) bond motifs is 1. The molecular formula is C27H24ClFN4O5. The summed E-state index contributed by atoms with van der Waals surface area (Å²) in [6, 6.07) is 17.3. The van der Waals surface area contributed by atoms with Crippen LogP contribution in [0, 0.1) is 5.82 Å². The van der Waals surface area contributed by atoms with Crippen molar-refractivity contribution in [2.45, 2.75) is 6.42 Å². The minimum atomic E-state index is -0.996. The Bertz CT molecular complexity index is 1520. The Balaban J connectivity index is 1.48. The first-order chi connectivity index (χ1) is 18.3. The van der Waals surface area contributed by atoms with E-state index in [1.807, 2.05) is 6.07 Å². The molecule has 3 amide bonds. The number of nitrogens with zero attached hydrogens (tertiary/aromatic N) is 1. The molecule has 0 saturated heterocycles. The van der Waals surface area contributed by atoms with E-state index in [4.69, 9.17) is 21.1 Å². The van der Waals surface area contributed by atoms with Gasteiger partial charge in [0.25, 0.3) is 5.91 Å². The van der Waals surface area contributed by atoms with Gasteiger partial charge in [-0.2, -0.15) is 0 Å². The number of rotatable bonds is 8. The second kappa shape index (κ2) is 11.7. The normalized spacial score (nSPS) is 10.6. The number of methoxy groups -OCH3 is 2. The van der Waals surface area contributed by atoms with Crippen molar-refractivity contribution in [2.75, 3.05) is 31.5 Å². The maximum atomic E-state index is 14.1. The lowest BCUT2D eigenvalue weighted by atomic mass is 10.1. The van der Waals surface area contributed by atoms with E-state index in [2.05, 4.69) is 16.1 Å². The number of ether oxygens (including phenoxy) is 2. The molecule has 0 saturated carbocycles. The molecule has 0 unspecified atom stereocenters. The van der Waals surface area contributed by atoms with Crippen LogP contribution in [0.4, 0.5) is 10.1 Å². The molecule has 0 radical (unpaired) electrons. The highest BCUT2D eigenvalue weighted by atomic mass is 35.5. The van der Waals surface area contributed by atoms with Crippen LogP contribution in [-0.2, 0) is 16.0 Å². The Morgan fingerprint density at radius 2 is 1.68 bits per heavy atom. The molecule has 3 aromatic carbocycles. The van der Waals surface area contributed by atoms with Crippen LogP contribution in [0.15, 0.2) is 66.7 Å². The lowest BCUT2D eigenvalue weighted by Gasteiger charge is -2.13. The monoisotopic (exact) mass is 538 g/mol. The largest absolute Gasteiger partial charge is 0.493 e. The minimum Gasteiger partial charge on any atom is -0.493 e. The molecule has 4 rings (SSSR count). The predicted molar refractivity (Wildman–Crippen MR) is 142 cm³/mol. The van der Waals surface area contributed by atoms with Crippen LogP contribution >= 0.6 is 11.6 Å². The molecular weight excluding hydrogens is 515 g/mol. The zero-order valence-electron chi connectivity index (χ0n) is 20.5. The fourth-order valence-electron chi connectivity index (χ4n) is 3.81. The Morgan fingerprint density at radius 3 is 2.42 bits per heavy atom. The summed E-state index contributed by atoms with van der Waals surface area (Å²) < 4.78 is 25.7. The van der Waals surface area contributed by atoms with Gasteiger partial charge in [0.1, 0.15) is 11.5 Å². The molecule has 3 N–H and O–H groups in total. The lowest BCUT2D eigenvalue weighted by molar-refractivity contribution is -0.136. The molecule has 4 aromatic rings. The molecule has 9 nitrogen and oxygen atoms in total. The summed E-state index contributed by atoms with van der Waals surface area (Å²) in [7, 11) is 3.06. The molecule has 196 valence electrons. The summed E-state index contributed by atoms with van der Waals surface area (Å²) in [5, 5.41) is 5.98. The minimum absolute atomic E-state index is 0.0306. The quantitative estimate of drug-likeness (QED) is 0.292. The topological polar surface area (TPSA) is 111 Å². The Labute approximate surface area is 222 Å². The van der Waals surface area contributed by atoms with Crippen LogP contribution in [0.2, 0.25) is 5.02 Å². The van der Waals surface area contributed by atoms with E-state index in [0.29, 0.717) is 33.8 Å². The van der Waals surface area contributed by atoms with E-state index in [0.717, 1.165) is 10.2 Å². The van der Waals surface area contributed by atoms with Gasteiger partial charge in [-0.25, -0.2) is 9.07 Å². The van der Waals surface area contributed by atoms with E-state index in [-0.39, 0.29) is 17.9 Å². The van der Waals surface area contributed by atoms with Gasteiger partial charge in [-0.3, -0.25) is 19.8 Å². The van der Waals surface area contributed by atoms with Crippen molar-refractivity contribution in [1.29, 1.82) is 0 Å². The summed E-state index contributed by atoms with van der Waals surface area (Å²) in [4.78, 5) is 38.3. The second-order valence-corrected chi connectivity index (χ2v) is 8.57. The maximum absolute atomic E-state index is 14.1. The van der Waals surface area contributed by atoms with Gasteiger partial charge in [-0.05, 0) is 60.5 Å². The first-order valence-electron chi connectivity index (χ1n) is 11.5. The van der Waals surface area contributed by atoms with Crippen molar-refractivity contribution < 1.29 is 28.2 Å². The first kappa shape index (κ1) is 26.5. The average molecular weight is 539 g/mol. The van der Waals surface area contributed by atoms with Crippen LogP contribution in [0.25, 0.3) is 10.9 Å². The van der Waals surface area contributed by atoms with E-state index in [9.17, 15) is 18.8 Å². The average Bonchev–Trinajstić information content (AvgIpc) is 3.26. The SMILES string of the molecule is COc1ccc(CCNC(=O)C(=O)Nn2c(C(=O)Nc3ccccc3F)cc3cc(Cl)ccc32)cc1OC. The van der Waals surface area contributed by atoms with E-state index < -0.39 is 23.5 Å². The standard InChI is InChI=1S/C27H24ClFN4O5/c1-37-23-10-7-16(13-24(23)38-2)11-12-30-26(35)27(36)32-33-21-9-8-18(28)14-17(21)15-22(33)25(34)31-20-6-4-3-5-19(20)29/h3-10,13-15H,11-12H2,1-2H3,(H,30,35)(H,31,34)(H,32,36). The van der Waals surface area contributed by atoms with Crippen LogP contribution in [0.1, 0.15) is 16.1 Å². The predicted octanol–water partition coefficient (Wildman–Crippen LogP) is 4.13. The molecule has 38 heavy (non-hydrogen) atoms. The highest BCUT2D eigenvalue weighted by Crippen LogP contribution is 2.27. The van der Waals surface area contributed by atoms with Gasteiger partial charge < -0.3 is 20.1 Å². The highest BCUT2D eigenvalue weighted by Gasteiger charge is 2.21. The maximum Gasteiger partial charge on any atom is 0.328 e. The Kier molecular flexibility index (Phi) is 8.12. The van der Waals surface area contributed by atoms with Crippen LogP contribution < -0.4 is 25.5 Å². The third-order valence-corrected chi connectivity index (χ3v) is 5.92. The molecule has 1 aromatic heterocycles. The van der Waals surface area contributed by atoms with Crippen LogP contribution in [-0.4, -0.2) is 43.2 Å². The summed E-state index contributed by atoms with van der Waals surface area (Å²) in [5.41, 5.74) is 3.66. The first-order valence-corrected chi connectivity index (χ1v) is 11.9.